The summed E-state index contributed by atoms with van der Waals surface area (Å²) in [7, 11) is -3.64. The van der Waals surface area contributed by atoms with E-state index in [9.17, 15) is 13.2 Å². The van der Waals surface area contributed by atoms with E-state index in [1.54, 1.807) is 6.92 Å². The first kappa shape index (κ1) is 15.0. The van der Waals surface area contributed by atoms with Gasteiger partial charge in [0.2, 0.25) is 0 Å². The molecule has 3 rings (SSSR count). The molecule has 0 bridgehead atoms. The summed E-state index contributed by atoms with van der Waals surface area (Å²) in [6.07, 6.45) is 2.85. The molecular weight excluding hydrogens is 314 g/mol. The zero-order valence-corrected chi connectivity index (χ0v) is 13.3. The van der Waals surface area contributed by atoms with Crippen molar-refractivity contribution in [2.24, 2.45) is 0 Å². The lowest BCUT2D eigenvalue weighted by Crippen LogP contribution is -2.56. The number of aromatic carboxylic acids is 1. The van der Waals surface area contributed by atoms with E-state index >= 15 is 0 Å². The van der Waals surface area contributed by atoms with Crippen molar-refractivity contribution in [1.82, 2.24) is 4.31 Å². The summed E-state index contributed by atoms with van der Waals surface area (Å²) in [6.45, 7) is 2.71. The average molecular weight is 331 g/mol. The molecular formula is C13H17NO5S2. The third kappa shape index (κ3) is 2.50. The van der Waals surface area contributed by atoms with Gasteiger partial charge >= 0.3 is 5.97 Å². The lowest BCUT2D eigenvalue weighted by atomic mass is 9.79. The highest BCUT2D eigenvalue weighted by atomic mass is 32.2. The van der Waals surface area contributed by atoms with E-state index in [2.05, 4.69) is 0 Å². The van der Waals surface area contributed by atoms with Crippen LogP contribution in [0.4, 0.5) is 0 Å². The second kappa shape index (κ2) is 5.05. The molecule has 0 amide bonds. The highest BCUT2D eigenvalue weighted by Gasteiger charge is 2.45. The summed E-state index contributed by atoms with van der Waals surface area (Å²) in [5, 5.41) is 9.07. The third-order valence-corrected chi connectivity index (χ3v) is 7.68. The highest BCUT2D eigenvalue weighted by molar-refractivity contribution is 7.91. The van der Waals surface area contributed by atoms with Crippen LogP contribution in [0.15, 0.2) is 10.3 Å². The van der Waals surface area contributed by atoms with E-state index in [1.165, 1.54) is 10.4 Å². The molecule has 1 aromatic heterocycles. The predicted molar refractivity (Wildman–Crippen MR) is 77.3 cm³/mol. The number of carbonyl (C=O) groups is 1. The van der Waals surface area contributed by atoms with Crippen molar-refractivity contribution >= 4 is 27.3 Å². The smallest absolute Gasteiger partial charge is 0.346 e. The van der Waals surface area contributed by atoms with Gasteiger partial charge in [-0.3, -0.25) is 0 Å². The van der Waals surface area contributed by atoms with Gasteiger partial charge in [0.05, 0.1) is 12.2 Å². The average Bonchev–Trinajstić information content (AvgIpc) is 2.80. The van der Waals surface area contributed by atoms with Gasteiger partial charge in [0.1, 0.15) is 9.09 Å². The summed E-state index contributed by atoms with van der Waals surface area (Å²) in [6, 6.07) is 1.45. The fourth-order valence-corrected chi connectivity index (χ4v) is 5.84. The van der Waals surface area contributed by atoms with Crippen LogP contribution in [-0.4, -0.2) is 49.1 Å². The van der Waals surface area contributed by atoms with Crippen LogP contribution in [0.2, 0.25) is 0 Å². The normalized spacial score (nSPS) is 22.1. The molecule has 1 saturated heterocycles. The topological polar surface area (TPSA) is 83.9 Å². The Morgan fingerprint density at radius 3 is 2.71 bits per heavy atom. The maximum atomic E-state index is 12.7. The van der Waals surface area contributed by atoms with Crippen LogP contribution in [-0.2, 0) is 14.8 Å². The Balaban J connectivity index is 1.89. The van der Waals surface area contributed by atoms with E-state index < -0.39 is 16.0 Å². The van der Waals surface area contributed by atoms with Gasteiger partial charge in [-0.25, -0.2) is 13.2 Å². The number of hydrogen-bond acceptors (Lipinski definition) is 5. The molecule has 1 aliphatic carbocycles. The molecule has 6 nitrogen and oxygen atoms in total. The number of carboxylic acids is 1. The van der Waals surface area contributed by atoms with Gasteiger partial charge in [-0.05, 0) is 37.8 Å². The summed E-state index contributed by atoms with van der Waals surface area (Å²) >= 11 is 0.824. The summed E-state index contributed by atoms with van der Waals surface area (Å²) in [4.78, 5) is 11.2. The van der Waals surface area contributed by atoms with Crippen LogP contribution in [0.1, 0.15) is 34.5 Å². The number of carboxylic acid groups (broad SMARTS) is 1. The number of nitrogens with zero attached hydrogens (tertiary/aromatic N) is 1. The van der Waals surface area contributed by atoms with Gasteiger partial charge < -0.3 is 9.84 Å². The molecule has 1 spiro atoms. The van der Waals surface area contributed by atoms with Crippen molar-refractivity contribution in [3.63, 3.8) is 0 Å². The Morgan fingerprint density at radius 1 is 1.48 bits per heavy atom. The Kier molecular flexibility index (Phi) is 3.59. The fraction of sp³-hybridized carbons (Fsp3) is 0.615. The van der Waals surface area contributed by atoms with Crippen molar-refractivity contribution in [1.29, 1.82) is 0 Å². The number of aryl methyl sites for hydroxylation is 1. The maximum absolute atomic E-state index is 12.7. The number of thiophene rings is 1. The van der Waals surface area contributed by atoms with Crippen LogP contribution < -0.4 is 0 Å². The van der Waals surface area contributed by atoms with Crippen LogP contribution in [0.3, 0.4) is 0 Å². The largest absolute Gasteiger partial charge is 0.477 e. The van der Waals surface area contributed by atoms with E-state index in [-0.39, 0.29) is 14.7 Å². The van der Waals surface area contributed by atoms with Gasteiger partial charge in [0.15, 0.2) is 0 Å². The quantitative estimate of drug-likeness (QED) is 0.911. The molecule has 0 atom stereocenters. The van der Waals surface area contributed by atoms with Crippen LogP contribution in [0, 0.1) is 6.92 Å². The lowest BCUT2D eigenvalue weighted by molar-refractivity contribution is -0.135. The molecule has 2 fully saturated rings. The summed E-state index contributed by atoms with van der Waals surface area (Å²) < 4.78 is 32.7. The Hall–Kier alpha value is -0.960. The molecule has 1 saturated carbocycles. The number of ether oxygens (including phenoxy) is 1. The van der Waals surface area contributed by atoms with Crippen molar-refractivity contribution in [2.75, 3.05) is 19.7 Å². The second-order valence-corrected chi connectivity index (χ2v) is 8.82. The van der Waals surface area contributed by atoms with E-state index in [1.807, 2.05) is 0 Å². The first-order valence-electron chi connectivity index (χ1n) is 6.82. The minimum absolute atomic E-state index is 0.0835. The second-order valence-electron chi connectivity index (χ2n) is 5.61. The van der Waals surface area contributed by atoms with Crippen LogP contribution in [0.5, 0.6) is 0 Å². The number of morpholine rings is 1. The fourth-order valence-electron chi connectivity index (χ4n) is 2.81. The van der Waals surface area contributed by atoms with Crippen molar-refractivity contribution in [3.05, 3.63) is 16.5 Å². The number of sulfonamides is 1. The molecule has 1 aliphatic heterocycles. The predicted octanol–water partition coefficient (Wildman–Crippen LogP) is 1.70. The van der Waals surface area contributed by atoms with Gasteiger partial charge in [-0.1, -0.05) is 0 Å². The minimum atomic E-state index is -3.64. The summed E-state index contributed by atoms with van der Waals surface area (Å²) in [5.74, 6) is -1.09. The van der Waals surface area contributed by atoms with Gasteiger partial charge in [0.25, 0.3) is 10.0 Å². The molecule has 2 aliphatic rings. The van der Waals surface area contributed by atoms with Gasteiger partial charge in [-0.15, -0.1) is 11.3 Å². The number of hydrogen-bond donors (Lipinski definition) is 1. The van der Waals surface area contributed by atoms with E-state index in [4.69, 9.17) is 9.84 Å². The summed E-state index contributed by atoms with van der Waals surface area (Å²) in [5.41, 5.74) is 0.172. The monoisotopic (exact) mass is 331 g/mol. The van der Waals surface area contributed by atoms with Crippen molar-refractivity contribution < 1.29 is 23.1 Å². The zero-order valence-electron chi connectivity index (χ0n) is 11.7. The minimum Gasteiger partial charge on any atom is -0.477 e. The highest BCUT2D eigenvalue weighted by Crippen LogP contribution is 2.40. The molecule has 0 unspecified atom stereocenters. The maximum Gasteiger partial charge on any atom is 0.346 e. The molecule has 1 N–H and O–H groups in total. The molecule has 1 aromatic rings. The van der Waals surface area contributed by atoms with E-state index in [0.29, 0.717) is 25.3 Å². The third-order valence-electron chi connectivity index (χ3n) is 4.16. The zero-order chi connectivity index (χ0) is 15.3. The molecule has 2 heterocycles. The molecule has 21 heavy (non-hydrogen) atoms. The SMILES string of the molecule is Cc1cc(S(=O)(=O)N2CCOC3(CCC3)C2)sc1C(=O)O. The van der Waals surface area contributed by atoms with E-state index in [0.717, 1.165) is 30.6 Å². The molecule has 0 aromatic carbocycles. The Bertz CT molecular complexity index is 675. The lowest BCUT2D eigenvalue weighted by Gasteiger charge is -2.47. The van der Waals surface area contributed by atoms with Crippen LogP contribution >= 0.6 is 11.3 Å². The molecule has 8 heteroatoms. The van der Waals surface area contributed by atoms with Gasteiger partial charge in [0, 0.05) is 13.1 Å². The van der Waals surface area contributed by atoms with Crippen molar-refractivity contribution in [2.45, 2.75) is 36.0 Å². The molecule has 0 radical (unpaired) electrons. The Morgan fingerprint density at radius 2 is 2.19 bits per heavy atom. The Labute approximate surface area is 127 Å². The first-order chi connectivity index (χ1) is 9.84. The molecule has 116 valence electrons. The van der Waals surface area contributed by atoms with Gasteiger partial charge in [-0.2, -0.15) is 4.31 Å². The standard InChI is InChI=1S/C13H17NO5S2/c1-9-7-10(20-11(9)12(15)16)21(17,18)14-5-6-19-13(8-14)3-2-4-13/h7H,2-6,8H2,1H3,(H,15,16). The first-order valence-corrected chi connectivity index (χ1v) is 9.08. The van der Waals surface area contributed by atoms with Crippen molar-refractivity contribution in [3.8, 4) is 0 Å². The van der Waals surface area contributed by atoms with Crippen LogP contribution in [0.25, 0.3) is 0 Å². The number of rotatable bonds is 3.